The Kier molecular flexibility index (Phi) is 7.20. The first-order valence-electron chi connectivity index (χ1n) is 7.56. The Labute approximate surface area is 113 Å². The third kappa shape index (κ3) is 7.34. The predicted octanol–water partition coefficient (Wildman–Crippen LogP) is 2.51. The lowest BCUT2D eigenvalue weighted by Crippen LogP contribution is -2.40. The summed E-state index contributed by atoms with van der Waals surface area (Å²) >= 11 is 0. The molecule has 1 heterocycles. The highest BCUT2D eigenvalue weighted by Gasteiger charge is 2.18. The second-order valence-electron chi connectivity index (χ2n) is 6.56. The minimum atomic E-state index is 0.447. The summed E-state index contributed by atoms with van der Waals surface area (Å²) in [5.74, 6) is 0. The quantitative estimate of drug-likeness (QED) is 0.708. The summed E-state index contributed by atoms with van der Waals surface area (Å²) in [6.45, 7) is 15.7. The van der Waals surface area contributed by atoms with Gasteiger partial charge in [-0.1, -0.05) is 20.8 Å². The molecule has 0 radical (unpaired) electrons. The van der Waals surface area contributed by atoms with Gasteiger partial charge in [0.2, 0.25) is 0 Å². The molecule has 3 nitrogen and oxygen atoms in total. The van der Waals surface area contributed by atoms with Gasteiger partial charge in [0.05, 0.1) is 6.10 Å². The van der Waals surface area contributed by atoms with Crippen molar-refractivity contribution in [2.45, 2.75) is 53.1 Å². The first-order chi connectivity index (χ1) is 8.51. The van der Waals surface area contributed by atoms with Gasteiger partial charge in [-0.25, -0.2) is 0 Å². The molecule has 1 rings (SSSR count). The van der Waals surface area contributed by atoms with E-state index in [9.17, 15) is 0 Å². The summed E-state index contributed by atoms with van der Waals surface area (Å²) in [4.78, 5) is 2.56. The van der Waals surface area contributed by atoms with Crippen LogP contribution in [0.4, 0.5) is 0 Å². The zero-order valence-electron chi connectivity index (χ0n) is 12.8. The lowest BCUT2D eigenvalue weighted by molar-refractivity contribution is 0.0145. The van der Waals surface area contributed by atoms with Crippen LogP contribution >= 0.6 is 0 Å². The van der Waals surface area contributed by atoms with E-state index in [1.807, 2.05) is 0 Å². The fourth-order valence-electron chi connectivity index (χ4n) is 2.36. The van der Waals surface area contributed by atoms with Crippen LogP contribution in [-0.4, -0.2) is 50.3 Å². The van der Waals surface area contributed by atoms with Crippen LogP contribution in [0.5, 0.6) is 0 Å². The first-order valence-corrected chi connectivity index (χ1v) is 7.56. The van der Waals surface area contributed by atoms with E-state index in [0.29, 0.717) is 11.5 Å². The molecule has 0 aromatic rings. The molecule has 18 heavy (non-hydrogen) atoms. The van der Waals surface area contributed by atoms with E-state index in [2.05, 4.69) is 37.9 Å². The van der Waals surface area contributed by atoms with Gasteiger partial charge in [0.25, 0.3) is 0 Å². The zero-order chi connectivity index (χ0) is 13.4. The first kappa shape index (κ1) is 15.9. The van der Waals surface area contributed by atoms with Crippen LogP contribution in [0.15, 0.2) is 0 Å². The minimum Gasteiger partial charge on any atom is -0.378 e. The second-order valence-corrected chi connectivity index (χ2v) is 6.56. The lowest BCUT2D eigenvalue weighted by Gasteiger charge is -2.31. The number of rotatable bonds is 7. The standard InChI is InChI=1S/C15H32N2O/c1-5-18-14-6-11-17(12-7-14)13-10-16-9-8-15(2,3)4/h14,16H,5-13H2,1-4H3. The SMILES string of the molecule is CCOC1CCN(CCNCCC(C)(C)C)CC1. The molecular weight excluding hydrogens is 224 g/mol. The number of ether oxygens (including phenoxy) is 1. The van der Waals surface area contributed by atoms with E-state index in [4.69, 9.17) is 4.74 Å². The molecule has 0 unspecified atom stereocenters. The predicted molar refractivity (Wildman–Crippen MR) is 78.0 cm³/mol. The summed E-state index contributed by atoms with van der Waals surface area (Å²) in [5, 5.41) is 3.55. The highest BCUT2D eigenvalue weighted by molar-refractivity contribution is 4.73. The van der Waals surface area contributed by atoms with Gasteiger partial charge in [-0.15, -0.1) is 0 Å². The van der Waals surface area contributed by atoms with Crippen LogP contribution in [0.3, 0.4) is 0 Å². The van der Waals surface area contributed by atoms with Gasteiger partial charge >= 0.3 is 0 Å². The van der Waals surface area contributed by atoms with Crippen LogP contribution in [0.25, 0.3) is 0 Å². The third-order valence-electron chi connectivity index (χ3n) is 3.59. The van der Waals surface area contributed by atoms with Crippen molar-refractivity contribution in [3.63, 3.8) is 0 Å². The topological polar surface area (TPSA) is 24.5 Å². The van der Waals surface area contributed by atoms with E-state index in [-0.39, 0.29) is 0 Å². The molecule has 0 aromatic heterocycles. The molecule has 0 bridgehead atoms. The molecule has 1 saturated heterocycles. The van der Waals surface area contributed by atoms with Gasteiger partial charge in [0.1, 0.15) is 0 Å². The monoisotopic (exact) mass is 256 g/mol. The molecule has 1 fully saturated rings. The number of nitrogens with one attached hydrogen (secondary N) is 1. The van der Waals surface area contributed by atoms with Crippen LogP contribution in [0.2, 0.25) is 0 Å². The average molecular weight is 256 g/mol. The second kappa shape index (κ2) is 8.13. The summed E-state index contributed by atoms with van der Waals surface area (Å²) in [6, 6.07) is 0. The summed E-state index contributed by atoms with van der Waals surface area (Å²) in [7, 11) is 0. The molecule has 0 aliphatic carbocycles. The number of likely N-dealkylation sites (tertiary alicyclic amines) is 1. The van der Waals surface area contributed by atoms with Crippen molar-refractivity contribution in [3.05, 3.63) is 0 Å². The average Bonchev–Trinajstić information content (AvgIpc) is 2.30. The Morgan fingerprint density at radius 3 is 2.39 bits per heavy atom. The van der Waals surface area contributed by atoms with Gasteiger partial charge in [0.15, 0.2) is 0 Å². The van der Waals surface area contributed by atoms with Crippen LogP contribution in [0, 0.1) is 5.41 Å². The van der Waals surface area contributed by atoms with Crippen LogP contribution < -0.4 is 5.32 Å². The van der Waals surface area contributed by atoms with Gasteiger partial charge in [-0.3, -0.25) is 0 Å². The van der Waals surface area contributed by atoms with Crippen molar-refractivity contribution in [1.82, 2.24) is 10.2 Å². The maximum Gasteiger partial charge on any atom is 0.0599 e. The number of piperidine rings is 1. The highest BCUT2D eigenvalue weighted by Crippen LogP contribution is 2.17. The normalized spacial score (nSPS) is 19.3. The maximum atomic E-state index is 5.67. The Morgan fingerprint density at radius 2 is 1.83 bits per heavy atom. The van der Waals surface area contributed by atoms with Gasteiger partial charge in [-0.05, 0) is 38.1 Å². The largest absolute Gasteiger partial charge is 0.378 e. The maximum absolute atomic E-state index is 5.67. The van der Waals surface area contributed by atoms with Gasteiger partial charge < -0.3 is 15.0 Å². The van der Waals surface area contributed by atoms with Crippen molar-refractivity contribution in [2.75, 3.05) is 39.3 Å². The van der Waals surface area contributed by atoms with E-state index >= 15 is 0 Å². The fraction of sp³-hybridized carbons (Fsp3) is 1.00. The number of nitrogens with zero attached hydrogens (tertiary/aromatic N) is 1. The molecule has 3 heteroatoms. The Balaban J connectivity index is 1.98. The fourth-order valence-corrected chi connectivity index (χ4v) is 2.36. The van der Waals surface area contributed by atoms with E-state index < -0.39 is 0 Å². The molecule has 1 aliphatic rings. The summed E-state index contributed by atoms with van der Waals surface area (Å²) in [5.41, 5.74) is 0.447. The van der Waals surface area contributed by atoms with Crippen molar-refractivity contribution in [2.24, 2.45) is 5.41 Å². The molecule has 0 aromatic carbocycles. The summed E-state index contributed by atoms with van der Waals surface area (Å²) in [6.07, 6.45) is 4.17. The Morgan fingerprint density at radius 1 is 1.17 bits per heavy atom. The van der Waals surface area contributed by atoms with Crippen LogP contribution in [0.1, 0.15) is 47.0 Å². The minimum absolute atomic E-state index is 0.447. The smallest absolute Gasteiger partial charge is 0.0599 e. The summed E-state index contributed by atoms with van der Waals surface area (Å²) < 4.78 is 5.67. The number of hydrogen-bond donors (Lipinski definition) is 1. The van der Waals surface area contributed by atoms with Crippen molar-refractivity contribution < 1.29 is 4.74 Å². The molecule has 0 saturated carbocycles. The van der Waals surface area contributed by atoms with E-state index in [0.717, 1.165) is 19.7 Å². The lowest BCUT2D eigenvalue weighted by atomic mass is 9.92. The molecule has 0 atom stereocenters. The zero-order valence-corrected chi connectivity index (χ0v) is 12.8. The Hall–Kier alpha value is -0.120. The molecule has 1 aliphatic heterocycles. The highest BCUT2D eigenvalue weighted by atomic mass is 16.5. The number of hydrogen-bond acceptors (Lipinski definition) is 3. The van der Waals surface area contributed by atoms with Crippen molar-refractivity contribution in [1.29, 1.82) is 0 Å². The van der Waals surface area contributed by atoms with Crippen molar-refractivity contribution >= 4 is 0 Å². The molecule has 0 amide bonds. The molecule has 108 valence electrons. The van der Waals surface area contributed by atoms with E-state index in [1.54, 1.807) is 0 Å². The Bertz CT molecular complexity index is 205. The van der Waals surface area contributed by atoms with Gasteiger partial charge in [0, 0.05) is 32.8 Å². The van der Waals surface area contributed by atoms with Crippen LogP contribution in [-0.2, 0) is 4.74 Å². The van der Waals surface area contributed by atoms with Crippen molar-refractivity contribution in [3.8, 4) is 0 Å². The van der Waals surface area contributed by atoms with Gasteiger partial charge in [-0.2, -0.15) is 0 Å². The molecule has 1 N–H and O–H groups in total. The molecular formula is C15H32N2O. The third-order valence-corrected chi connectivity index (χ3v) is 3.59. The molecule has 0 spiro atoms. The van der Waals surface area contributed by atoms with E-state index in [1.165, 1.54) is 38.9 Å².